The summed E-state index contributed by atoms with van der Waals surface area (Å²) in [5, 5.41) is 11.5. The van der Waals surface area contributed by atoms with Gasteiger partial charge in [-0.1, -0.05) is 0 Å². The molecule has 0 amide bonds. The van der Waals surface area contributed by atoms with E-state index >= 15 is 0 Å². The molecule has 0 atom stereocenters. The van der Waals surface area contributed by atoms with Crippen molar-refractivity contribution in [3.8, 4) is 0 Å². The number of hydrogen-bond acceptors (Lipinski definition) is 2. The van der Waals surface area contributed by atoms with Crippen molar-refractivity contribution in [3.05, 3.63) is 0 Å². The number of halogens is 3. The van der Waals surface area contributed by atoms with Crippen LogP contribution in [0.1, 0.15) is 0 Å². The van der Waals surface area contributed by atoms with Gasteiger partial charge in [-0.2, -0.15) is 0 Å². The van der Waals surface area contributed by atoms with Crippen LogP contribution in [0.2, 0.25) is 0 Å². The zero-order chi connectivity index (χ0) is 11.0. The Morgan fingerprint density at radius 2 is 1.24 bits per heavy atom. The van der Waals surface area contributed by atoms with Crippen LogP contribution in [0.15, 0.2) is 0 Å². The maximum atomic E-state index is 5.33. The van der Waals surface area contributed by atoms with Crippen molar-refractivity contribution in [1.29, 1.82) is 0 Å². The highest BCUT2D eigenvalue weighted by Gasteiger charge is 2.05. The van der Waals surface area contributed by atoms with E-state index in [4.69, 9.17) is 22.3 Å². The third-order valence-electron chi connectivity index (χ3n) is 1.60. The number of quaternary nitrogens is 1. The molecule has 0 aliphatic rings. The number of hydrogen-bond donors (Lipinski definition) is 5. The van der Waals surface area contributed by atoms with Gasteiger partial charge in [0.15, 0.2) is 0 Å². The molecule has 0 rings (SSSR count). The SMILES string of the molecule is C[NH+](CCSC(N)=[NH2+])CCSC(N)=[NH2+].[Cl-].[Cl-].[Cl-]. The highest BCUT2D eigenvalue weighted by atomic mass is 35.5. The molecule has 0 aliphatic carbocycles. The molecule has 0 aromatic carbocycles. The fraction of sp³-hybridized carbons (Fsp3) is 0.714. The third kappa shape index (κ3) is 22.2. The second-order valence-electron chi connectivity index (χ2n) is 2.96. The molecule has 0 aromatic rings. The van der Waals surface area contributed by atoms with Crippen molar-refractivity contribution >= 4 is 33.9 Å². The molecule has 0 saturated heterocycles. The van der Waals surface area contributed by atoms with Crippen LogP contribution in [0.3, 0.4) is 0 Å². The lowest BCUT2D eigenvalue weighted by Crippen LogP contribution is -3.09. The molecule has 0 fully saturated rings. The van der Waals surface area contributed by atoms with E-state index in [1.165, 1.54) is 28.4 Å². The van der Waals surface area contributed by atoms with Crippen LogP contribution in [0, 0.1) is 0 Å². The Labute approximate surface area is 129 Å². The summed E-state index contributed by atoms with van der Waals surface area (Å²) in [6.07, 6.45) is 0. The highest BCUT2D eigenvalue weighted by Crippen LogP contribution is 1.92. The molecule has 0 saturated carbocycles. The van der Waals surface area contributed by atoms with E-state index in [0.29, 0.717) is 10.3 Å². The monoisotopic (exact) mass is 343 g/mol. The van der Waals surface area contributed by atoms with Gasteiger partial charge in [0.2, 0.25) is 0 Å². The summed E-state index contributed by atoms with van der Waals surface area (Å²) in [7, 11) is 2.13. The van der Waals surface area contributed by atoms with Gasteiger partial charge in [0.25, 0.3) is 10.3 Å². The topological polar surface area (TPSA) is 108 Å². The highest BCUT2D eigenvalue weighted by molar-refractivity contribution is 8.13. The lowest BCUT2D eigenvalue weighted by molar-refractivity contribution is -0.874. The Morgan fingerprint density at radius 1 is 0.941 bits per heavy atom. The van der Waals surface area contributed by atoms with Crippen LogP contribution in [-0.2, 0) is 0 Å². The van der Waals surface area contributed by atoms with Gasteiger partial charge in [-0.15, -0.1) is 0 Å². The molecule has 9 N–H and O–H groups in total. The van der Waals surface area contributed by atoms with E-state index in [1.54, 1.807) is 0 Å². The molecule has 5 nitrogen and oxygen atoms in total. The second kappa shape index (κ2) is 16.5. The molecule has 0 bridgehead atoms. The summed E-state index contributed by atoms with van der Waals surface area (Å²) >= 11 is 2.98. The average molecular weight is 345 g/mol. The summed E-state index contributed by atoms with van der Waals surface area (Å²) in [5.74, 6) is 1.89. The van der Waals surface area contributed by atoms with E-state index in [1.807, 2.05) is 0 Å². The predicted molar refractivity (Wildman–Crippen MR) is 63.8 cm³/mol. The molecule has 0 aliphatic heterocycles. The minimum absolute atomic E-state index is 0. The zero-order valence-electron chi connectivity index (χ0n) is 9.59. The van der Waals surface area contributed by atoms with Gasteiger partial charge in [0.1, 0.15) is 0 Å². The normalized spacial score (nSPS) is 8.59. The molecule has 0 radical (unpaired) electrons. The minimum atomic E-state index is 0. The smallest absolute Gasteiger partial charge is 0.299 e. The van der Waals surface area contributed by atoms with Crippen molar-refractivity contribution in [2.45, 2.75) is 0 Å². The summed E-state index contributed by atoms with van der Waals surface area (Å²) in [6.45, 7) is 2.07. The van der Waals surface area contributed by atoms with E-state index in [9.17, 15) is 0 Å². The Balaban J connectivity index is -0.000000282. The van der Waals surface area contributed by atoms with Gasteiger partial charge >= 0.3 is 0 Å². The quantitative estimate of drug-likeness (QED) is 0.244. The van der Waals surface area contributed by atoms with Gasteiger partial charge in [-0.3, -0.25) is 22.3 Å². The Kier molecular flexibility index (Phi) is 25.3. The van der Waals surface area contributed by atoms with Crippen LogP contribution < -0.4 is 64.4 Å². The Hall–Kier alpha value is 0.470. The number of thioether (sulfide) groups is 2. The zero-order valence-corrected chi connectivity index (χ0v) is 13.5. The van der Waals surface area contributed by atoms with E-state index in [2.05, 4.69) is 7.05 Å². The average Bonchev–Trinajstić information content (AvgIpc) is 2.02. The molecular formula is C7H20Cl3N5S2. The minimum Gasteiger partial charge on any atom is -1.00 e. The molecule has 0 aromatic heterocycles. The summed E-state index contributed by atoms with van der Waals surface area (Å²) in [6, 6.07) is 0. The first-order valence-electron chi connectivity index (χ1n) is 4.35. The predicted octanol–water partition coefficient (Wildman–Crippen LogP) is -13.9. The first-order valence-corrected chi connectivity index (χ1v) is 6.32. The lowest BCUT2D eigenvalue weighted by Gasteiger charge is -2.11. The van der Waals surface area contributed by atoms with Crippen LogP contribution >= 0.6 is 23.5 Å². The van der Waals surface area contributed by atoms with Crippen molar-refractivity contribution in [2.75, 3.05) is 31.6 Å². The number of nitrogens with two attached hydrogens (primary N) is 4. The molecular weight excluding hydrogens is 325 g/mol. The van der Waals surface area contributed by atoms with Crippen molar-refractivity contribution in [3.63, 3.8) is 0 Å². The first kappa shape index (κ1) is 26.1. The van der Waals surface area contributed by atoms with Gasteiger partial charge in [0.05, 0.1) is 31.6 Å². The van der Waals surface area contributed by atoms with Gasteiger partial charge in [-0.25, -0.2) is 0 Å². The van der Waals surface area contributed by atoms with Gasteiger partial charge in [0, 0.05) is 0 Å². The first-order chi connectivity index (χ1) is 6.52. The largest absolute Gasteiger partial charge is 1.00 e. The fourth-order valence-corrected chi connectivity index (χ4v) is 2.18. The molecule has 10 heteroatoms. The molecule has 0 heterocycles. The maximum Gasteiger partial charge on any atom is 0.299 e. The number of nitrogens with one attached hydrogen (secondary N) is 1. The van der Waals surface area contributed by atoms with Gasteiger partial charge < -0.3 is 42.1 Å². The molecule has 106 valence electrons. The third-order valence-corrected chi connectivity index (χ3v) is 3.08. The summed E-state index contributed by atoms with van der Waals surface area (Å²) in [5.41, 5.74) is 10.7. The van der Waals surface area contributed by atoms with Crippen molar-refractivity contribution in [1.82, 2.24) is 0 Å². The van der Waals surface area contributed by atoms with Crippen LogP contribution in [0.4, 0.5) is 0 Å². The second-order valence-corrected chi connectivity index (χ2v) is 5.30. The van der Waals surface area contributed by atoms with E-state index in [0.717, 1.165) is 24.6 Å². The maximum absolute atomic E-state index is 5.33. The number of amidine groups is 2. The standard InChI is InChI=1S/C7H17N5S2.3ClH/c1-12(2-4-13-6(8)9)3-5-14-7(10)11;;;/h2-5H2,1H3,(H3,8,9)(H3,10,11);3*1H. The van der Waals surface area contributed by atoms with Crippen molar-refractivity contribution < 1.29 is 52.9 Å². The molecule has 0 spiro atoms. The van der Waals surface area contributed by atoms with E-state index < -0.39 is 0 Å². The van der Waals surface area contributed by atoms with Crippen LogP contribution in [0.5, 0.6) is 0 Å². The van der Waals surface area contributed by atoms with Crippen molar-refractivity contribution in [2.24, 2.45) is 11.5 Å². The fourth-order valence-electron chi connectivity index (χ4n) is 0.811. The lowest BCUT2D eigenvalue weighted by atomic mass is 10.6. The van der Waals surface area contributed by atoms with Crippen LogP contribution in [0.25, 0.3) is 0 Å². The Bertz CT molecular complexity index is 188. The van der Waals surface area contributed by atoms with Gasteiger partial charge in [-0.05, 0) is 23.5 Å². The Morgan fingerprint density at radius 3 is 1.47 bits per heavy atom. The summed E-state index contributed by atoms with van der Waals surface area (Å²) < 4.78 is 0. The summed E-state index contributed by atoms with van der Waals surface area (Å²) in [4.78, 5) is 1.42. The molecule has 0 unspecified atom stereocenters. The van der Waals surface area contributed by atoms with E-state index in [-0.39, 0.29) is 37.2 Å². The molecule has 17 heavy (non-hydrogen) atoms. The van der Waals surface area contributed by atoms with Crippen LogP contribution in [-0.4, -0.2) is 42.0 Å². The number of rotatable bonds is 6.